The fourth-order valence-corrected chi connectivity index (χ4v) is 3.14. The van der Waals surface area contributed by atoms with E-state index in [4.69, 9.17) is 25.6 Å². The molecule has 148 valence electrons. The van der Waals surface area contributed by atoms with Crippen LogP contribution >= 0.6 is 0 Å². The van der Waals surface area contributed by atoms with Gasteiger partial charge in [0.15, 0.2) is 11.5 Å². The molecule has 0 unspecified atom stereocenters. The summed E-state index contributed by atoms with van der Waals surface area (Å²) in [6, 6.07) is 12.9. The maximum atomic E-state index is 13.0. The molecule has 0 saturated heterocycles. The molecule has 3 rings (SSSR count). The summed E-state index contributed by atoms with van der Waals surface area (Å²) in [7, 11) is 6.33. The molecule has 1 aromatic heterocycles. The summed E-state index contributed by atoms with van der Waals surface area (Å²) in [5.41, 5.74) is 2.58. The molecule has 0 aliphatic heterocycles. The van der Waals surface area contributed by atoms with E-state index in [1.807, 2.05) is 24.3 Å². The lowest BCUT2D eigenvalue weighted by atomic mass is 10.0. The smallest absolute Gasteiger partial charge is 0.255 e. The van der Waals surface area contributed by atoms with Crippen molar-refractivity contribution in [2.45, 2.75) is 0 Å². The number of rotatable bonds is 6. The number of aromatic nitrogens is 1. The first kappa shape index (κ1) is 20.0. The number of carbonyl (C=O) groups excluding carboxylic acids is 1. The summed E-state index contributed by atoms with van der Waals surface area (Å²) in [4.78, 5) is 19.2. The second kappa shape index (κ2) is 8.53. The molecule has 1 heterocycles. The lowest BCUT2D eigenvalue weighted by Crippen LogP contribution is -2.27. The summed E-state index contributed by atoms with van der Waals surface area (Å²) >= 11 is 0. The van der Waals surface area contributed by atoms with Crippen LogP contribution in [0.25, 0.3) is 22.2 Å². The van der Waals surface area contributed by atoms with E-state index in [1.54, 1.807) is 46.6 Å². The quantitative estimate of drug-likeness (QED) is 0.602. The molecule has 29 heavy (non-hydrogen) atoms. The van der Waals surface area contributed by atoms with Gasteiger partial charge in [0.05, 0.1) is 44.6 Å². The van der Waals surface area contributed by atoms with Gasteiger partial charge in [0, 0.05) is 18.0 Å². The molecule has 0 atom stereocenters. The third-order valence-electron chi connectivity index (χ3n) is 4.58. The van der Waals surface area contributed by atoms with Gasteiger partial charge in [0.25, 0.3) is 5.91 Å². The van der Waals surface area contributed by atoms with Crippen LogP contribution in [0.15, 0.2) is 42.5 Å². The number of hydrogen-bond donors (Lipinski definition) is 0. The summed E-state index contributed by atoms with van der Waals surface area (Å²) in [5.74, 6) is 3.83. The Hall–Kier alpha value is -3.72. The SMILES string of the molecule is C#CCN(C)C(=O)c1cc(-c2cc(OC)c(OC)c(OC)c2)nc2ccccc12. The van der Waals surface area contributed by atoms with E-state index in [0.717, 1.165) is 10.9 Å². The molecule has 1 amide bonds. The van der Waals surface area contributed by atoms with Gasteiger partial charge in [0.2, 0.25) is 5.75 Å². The normalized spacial score (nSPS) is 10.3. The highest BCUT2D eigenvalue weighted by Gasteiger charge is 2.19. The van der Waals surface area contributed by atoms with Crippen molar-refractivity contribution in [2.24, 2.45) is 0 Å². The number of terminal acetylenes is 1. The molecule has 0 spiro atoms. The molecule has 6 heteroatoms. The Morgan fingerprint density at radius 3 is 2.31 bits per heavy atom. The molecular weight excluding hydrogens is 368 g/mol. The number of fused-ring (bicyclic) bond motifs is 1. The molecule has 2 aromatic carbocycles. The van der Waals surface area contributed by atoms with Crippen molar-refractivity contribution < 1.29 is 19.0 Å². The molecule has 6 nitrogen and oxygen atoms in total. The van der Waals surface area contributed by atoms with Gasteiger partial charge in [-0.3, -0.25) is 4.79 Å². The average molecular weight is 390 g/mol. The van der Waals surface area contributed by atoms with Crippen molar-refractivity contribution in [3.8, 4) is 40.8 Å². The van der Waals surface area contributed by atoms with Crippen LogP contribution in [0.2, 0.25) is 0 Å². The van der Waals surface area contributed by atoms with E-state index in [-0.39, 0.29) is 12.5 Å². The minimum atomic E-state index is -0.171. The van der Waals surface area contributed by atoms with Crippen molar-refractivity contribution >= 4 is 16.8 Å². The second-order valence-electron chi connectivity index (χ2n) is 6.35. The Labute approximate surface area is 170 Å². The molecule has 0 saturated carbocycles. The Balaban J connectivity index is 2.24. The minimum absolute atomic E-state index is 0.171. The Morgan fingerprint density at radius 1 is 1.07 bits per heavy atom. The zero-order valence-electron chi connectivity index (χ0n) is 16.9. The van der Waals surface area contributed by atoms with Gasteiger partial charge in [-0.15, -0.1) is 6.42 Å². The van der Waals surface area contributed by atoms with E-state index < -0.39 is 0 Å². The molecule has 3 aromatic rings. The number of para-hydroxylation sites is 1. The predicted molar refractivity (Wildman–Crippen MR) is 113 cm³/mol. The number of pyridine rings is 1. The van der Waals surface area contributed by atoms with Gasteiger partial charge in [-0.05, 0) is 24.3 Å². The summed E-state index contributed by atoms with van der Waals surface area (Å²) in [6.45, 7) is 0.217. The summed E-state index contributed by atoms with van der Waals surface area (Å²) in [5, 5.41) is 0.762. The number of benzene rings is 2. The fourth-order valence-electron chi connectivity index (χ4n) is 3.14. The van der Waals surface area contributed by atoms with Gasteiger partial charge in [-0.1, -0.05) is 24.1 Å². The first-order chi connectivity index (χ1) is 14.0. The van der Waals surface area contributed by atoms with Crippen molar-refractivity contribution in [3.05, 3.63) is 48.0 Å². The fraction of sp³-hybridized carbons (Fsp3) is 0.217. The monoisotopic (exact) mass is 390 g/mol. The second-order valence-corrected chi connectivity index (χ2v) is 6.35. The van der Waals surface area contributed by atoms with Crippen LogP contribution in [-0.4, -0.2) is 50.7 Å². The number of nitrogens with zero attached hydrogens (tertiary/aromatic N) is 2. The lowest BCUT2D eigenvalue weighted by molar-refractivity contribution is 0.0814. The van der Waals surface area contributed by atoms with Crippen LogP contribution in [0.5, 0.6) is 17.2 Å². The van der Waals surface area contributed by atoms with E-state index in [2.05, 4.69) is 5.92 Å². The molecule has 0 fully saturated rings. The molecule has 0 radical (unpaired) electrons. The van der Waals surface area contributed by atoms with Crippen LogP contribution in [0.3, 0.4) is 0 Å². The van der Waals surface area contributed by atoms with Crippen LogP contribution < -0.4 is 14.2 Å². The molecule has 0 bridgehead atoms. The molecular formula is C23H22N2O4. The summed E-state index contributed by atoms with van der Waals surface area (Å²) in [6.07, 6.45) is 5.37. The first-order valence-corrected chi connectivity index (χ1v) is 8.93. The topological polar surface area (TPSA) is 60.9 Å². The number of ether oxygens (including phenoxy) is 3. The highest BCUT2D eigenvalue weighted by Crippen LogP contribution is 2.41. The van der Waals surface area contributed by atoms with E-state index in [0.29, 0.717) is 34.0 Å². The molecule has 0 aliphatic rings. The highest BCUT2D eigenvalue weighted by atomic mass is 16.5. The van der Waals surface area contributed by atoms with Crippen LogP contribution in [0, 0.1) is 12.3 Å². The maximum absolute atomic E-state index is 13.0. The van der Waals surface area contributed by atoms with Gasteiger partial charge in [0.1, 0.15) is 0 Å². The Morgan fingerprint density at radius 2 is 1.72 bits per heavy atom. The van der Waals surface area contributed by atoms with Crippen LogP contribution in [-0.2, 0) is 0 Å². The van der Waals surface area contributed by atoms with Gasteiger partial charge in [-0.2, -0.15) is 0 Å². The molecule has 0 aliphatic carbocycles. The number of hydrogen-bond acceptors (Lipinski definition) is 5. The number of amides is 1. The standard InChI is InChI=1S/C23H22N2O4/c1-6-11-25(2)23(26)17-14-19(24-18-10-8-7-9-16(17)18)15-12-20(27-3)22(29-5)21(13-15)28-4/h1,7-10,12-14H,11H2,2-5H3. The highest BCUT2D eigenvalue weighted by molar-refractivity contribution is 6.07. The zero-order chi connectivity index (χ0) is 21.0. The predicted octanol–water partition coefficient (Wildman–Crippen LogP) is 3.63. The largest absolute Gasteiger partial charge is 0.493 e. The third kappa shape index (κ3) is 3.81. The summed E-state index contributed by atoms with van der Waals surface area (Å²) < 4.78 is 16.3. The van der Waals surface area contributed by atoms with Crippen molar-refractivity contribution in [1.29, 1.82) is 0 Å². The average Bonchev–Trinajstić information content (AvgIpc) is 2.76. The zero-order valence-corrected chi connectivity index (χ0v) is 16.9. The van der Waals surface area contributed by atoms with E-state index >= 15 is 0 Å². The van der Waals surface area contributed by atoms with E-state index in [9.17, 15) is 4.79 Å². The van der Waals surface area contributed by atoms with Crippen molar-refractivity contribution in [3.63, 3.8) is 0 Å². The van der Waals surface area contributed by atoms with Crippen LogP contribution in [0.4, 0.5) is 0 Å². The Bertz CT molecular complexity index is 1080. The van der Waals surface area contributed by atoms with Crippen LogP contribution in [0.1, 0.15) is 10.4 Å². The third-order valence-corrected chi connectivity index (χ3v) is 4.58. The van der Waals surface area contributed by atoms with Gasteiger partial charge in [-0.25, -0.2) is 4.98 Å². The lowest BCUT2D eigenvalue weighted by Gasteiger charge is -2.17. The van der Waals surface area contributed by atoms with Crippen molar-refractivity contribution in [1.82, 2.24) is 9.88 Å². The first-order valence-electron chi connectivity index (χ1n) is 8.93. The Kier molecular flexibility index (Phi) is 5.89. The molecule has 0 N–H and O–H groups in total. The van der Waals surface area contributed by atoms with Gasteiger partial charge >= 0.3 is 0 Å². The van der Waals surface area contributed by atoms with Gasteiger partial charge < -0.3 is 19.1 Å². The maximum Gasteiger partial charge on any atom is 0.255 e. The minimum Gasteiger partial charge on any atom is -0.493 e. The number of carbonyl (C=O) groups is 1. The van der Waals surface area contributed by atoms with E-state index in [1.165, 1.54) is 4.90 Å². The van der Waals surface area contributed by atoms with Crippen molar-refractivity contribution in [2.75, 3.05) is 34.9 Å². The number of methoxy groups -OCH3 is 3.